The van der Waals surface area contributed by atoms with Crippen LogP contribution in [-0.4, -0.2) is 32.9 Å². The summed E-state index contributed by atoms with van der Waals surface area (Å²) in [6.45, 7) is 11.3. The third kappa shape index (κ3) is 4.03. The minimum Gasteiger partial charge on any atom is -0.394 e. The van der Waals surface area contributed by atoms with Gasteiger partial charge in [0.15, 0.2) is 0 Å². The van der Waals surface area contributed by atoms with Crippen molar-refractivity contribution in [2.75, 3.05) is 13.2 Å². The summed E-state index contributed by atoms with van der Waals surface area (Å²) >= 11 is 1.78. The molecule has 1 N–H and O–H groups in total. The highest BCUT2D eigenvalue weighted by atomic mass is 32.1. The molecule has 0 aliphatic heterocycles. The van der Waals surface area contributed by atoms with Crippen molar-refractivity contribution in [2.45, 2.75) is 33.5 Å². The molecule has 4 nitrogen and oxygen atoms in total. The van der Waals surface area contributed by atoms with Crippen LogP contribution in [0.5, 0.6) is 0 Å². The lowest BCUT2D eigenvalue weighted by Crippen LogP contribution is -2.23. The molecule has 114 valence electrons. The van der Waals surface area contributed by atoms with Crippen molar-refractivity contribution >= 4 is 11.3 Å². The van der Waals surface area contributed by atoms with Crippen LogP contribution in [0.3, 0.4) is 0 Å². The lowest BCUT2D eigenvalue weighted by Gasteiger charge is -2.20. The Morgan fingerprint density at radius 1 is 1.43 bits per heavy atom. The van der Waals surface area contributed by atoms with Crippen LogP contribution in [-0.2, 0) is 19.6 Å². The highest BCUT2D eigenvalue weighted by Crippen LogP contribution is 2.19. The summed E-state index contributed by atoms with van der Waals surface area (Å²) in [6.07, 6.45) is 1.94. The maximum atomic E-state index is 9.10. The third-order valence-electron chi connectivity index (χ3n) is 3.57. The van der Waals surface area contributed by atoms with Gasteiger partial charge in [-0.25, -0.2) is 0 Å². The van der Waals surface area contributed by atoms with E-state index in [1.54, 1.807) is 11.3 Å². The number of aromatic nitrogens is 2. The number of aryl methyl sites for hydroxylation is 1. The first-order chi connectivity index (χ1) is 10.2. The summed E-state index contributed by atoms with van der Waals surface area (Å²) in [7, 11) is 0. The normalized spacial score (nSPS) is 11.2. The molecule has 0 saturated heterocycles. The van der Waals surface area contributed by atoms with Gasteiger partial charge < -0.3 is 5.11 Å². The van der Waals surface area contributed by atoms with Crippen LogP contribution in [0.4, 0.5) is 0 Å². The summed E-state index contributed by atoms with van der Waals surface area (Å²) in [6, 6.07) is 4.25. The Bertz CT molecular complexity index is 575. The molecule has 0 saturated carbocycles. The summed E-state index contributed by atoms with van der Waals surface area (Å²) < 4.78 is 1.89. The number of thiophene rings is 1. The van der Waals surface area contributed by atoms with E-state index in [-0.39, 0.29) is 6.61 Å². The zero-order valence-corrected chi connectivity index (χ0v) is 13.6. The maximum Gasteiger partial charge on any atom is 0.0644 e. The number of hydrogen-bond acceptors (Lipinski definition) is 4. The van der Waals surface area contributed by atoms with Crippen molar-refractivity contribution in [3.8, 4) is 0 Å². The molecule has 0 radical (unpaired) electrons. The van der Waals surface area contributed by atoms with Gasteiger partial charge in [-0.1, -0.05) is 12.1 Å². The average molecular weight is 305 g/mol. The molecule has 21 heavy (non-hydrogen) atoms. The Labute approximate surface area is 130 Å². The second kappa shape index (κ2) is 7.54. The van der Waals surface area contributed by atoms with Gasteiger partial charge in [-0.3, -0.25) is 9.58 Å². The summed E-state index contributed by atoms with van der Waals surface area (Å²) in [5.74, 6) is 0. The van der Waals surface area contributed by atoms with E-state index in [4.69, 9.17) is 5.11 Å². The molecule has 0 atom stereocenters. The highest BCUT2D eigenvalue weighted by molar-refractivity contribution is 7.09. The summed E-state index contributed by atoms with van der Waals surface area (Å²) in [5.41, 5.74) is 3.44. The summed E-state index contributed by atoms with van der Waals surface area (Å²) in [5, 5.41) is 15.7. The number of nitrogens with zero attached hydrogens (tertiary/aromatic N) is 3. The van der Waals surface area contributed by atoms with Gasteiger partial charge in [0.05, 0.1) is 18.8 Å². The van der Waals surface area contributed by atoms with Crippen molar-refractivity contribution in [1.29, 1.82) is 0 Å². The van der Waals surface area contributed by atoms with Crippen molar-refractivity contribution in [2.24, 2.45) is 0 Å². The van der Waals surface area contributed by atoms with Crippen molar-refractivity contribution in [1.82, 2.24) is 14.7 Å². The topological polar surface area (TPSA) is 41.3 Å². The van der Waals surface area contributed by atoms with Crippen LogP contribution >= 0.6 is 11.3 Å². The molecule has 0 unspecified atom stereocenters. The molecular formula is C16H23N3OS. The lowest BCUT2D eigenvalue weighted by atomic mass is 10.2. The molecule has 0 aliphatic carbocycles. The Morgan fingerprint density at radius 2 is 2.24 bits per heavy atom. The molecule has 0 bridgehead atoms. The fraction of sp³-hybridized carbons (Fsp3) is 0.438. The fourth-order valence-corrected chi connectivity index (χ4v) is 3.24. The Hall–Kier alpha value is -1.43. The molecule has 2 heterocycles. The minimum atomic E-state index is 0.118. The quantitative estimate of drug-likeness (QED) is 0.763. The zero-order chi connectivity index (χ0) is 15.2. The van der Waals surface area contributed by atoms with Crippen LogP contribution < -0.4 is 0 Å². The molecule has 2 rings (SSSR count). The van der Waals surface area contributed by atoms with Gasteiger partial charge in [0.2, 0.25) is 0 Å². The Kier molecular flexibility index (Phi) is 5.73. The number of aliphatic hydroxyl groups is 1. The molecule has 0 aromatic carbocycles. The van der Waals surface area contributed by atoms with E-state index in [0.717, 1.165) is 31.0 Å². The minimum absolute atomic E-state index is 0.118. The van der Waals surface area contributed by atoms with Gasteiger partial charge in [0.25, 0.3) is 0 Å². The first-order valence-corrected chi connectivity index (χ1v) is 8.03. The predicted molar refractivity (Wildman–Crippen MR) is 87.4 cm³/mol. The molecule has 0 spiro atoms. The van der Waals surface area contributed by atoms with Gasteiger partial charge in [-0.2, -0.15) is 5.10 Å². The SMILES string of the molecule is C=CCN(Cc1cccs1)Cc1c(C)nn(CCO)c1C. The second-order valence-electron chi connectivity index (χ2n) is 5.13. The van der Waals surface area contributed by atoms with E-state index in [1.807, 2.05) is 17.7 Å². The van der Waals surface area contributed by atoms with E-state index in [0.29, 0.717) is 6.54 Å². The molecule has 2 aromatic rings. The van der Waals surface area contributed by atoms with Gasteiger partial charge in [0.1, 0.15) is 0 Å². The number of rotatable bonds is 8. The molecule has 2 aromatic heterocycles. The second-order valence-corrected chi connectivity index (χ2v) is 6.17. The molecule has 0 fully saturated rings. The highest BCUT2D eigenvalue weighted by Gasteiger charge is 2.15. The predicted octanol–water partition coefficient (Wildman–Crippen LogP) is 2.74. The summed E-state index contributed by atoms with van der Waals surface area (Å²) in [4.78, 5) is 3.72. The fourth-order valence-electron chi connectivity index (χ4n) is 2.49. The average Bonchev–Trinajstić information content (AvgIpc) is 3.04. The van der Waals surface area contributed by atoms with Crippen LogP contribution in [0.15, 0.2) is 30.2 Å². The third-order valence-corrected chi connectivity index (χ3v) is 4.43. The maximum absolute atomic E-state index is 9.10. The van der Waals surface area contributed by atoms with Crippen LogP contribution in [0.2, 0.25) is 0 Å². The molecule has 0 amide bonds. The Morgan fingerprint density at radius 3 is 2.86 bits per heavy atom. The smallest absolute Gasteiger partial charge is 0.0644 e. The first-order valence-electron chi connectivity index (χ1n) is 7.15. The number of hydrogen-bond donors (Lipinski definition) is 1. The zero-order valence-electron chi connectivity index (χ0n) is 12.7. The lowest BCUT2D eigenvalue weighted by molar-refractivity contribution is 0.267. The van der Waals surface area contributed by atoms with E-state index >= 15 is 0 Å². The van der Waals surface area contributed by atoms with Crippen LogP contribution in [0.1, 0.15) is 21.8 Å². The van der Waals surface area contributed by atoms with E-state index in [2.05, 4.69) is 41.0 Å². The largest absolute Gasteiger partial charge is 0.394 e. The van der Waals surface area contributed by atoms with Gasteiger partial charge in [-0.15, -0.1) is 17.9 Å². The molecule has 0 aliphatic rings. The van der Waals surface area contributed by atoms with Gasteiger partial charge in [-0.05, 0) is 25.3 Å². The standard InChI is InChI=1S/C16H23N3OS/c1-4-7-18(11-15-6-5-10-21-15)12-16-13(2)17-19(8-9-20)14(16)3/h4-6,10,20H,1,7-9,11-12H2,2-3H3. The van der Waals surface area contributed by atoms with Crippen LogP contribution in [0, 0.1) is 13.8 Å². The Balaban J connectivity index is 2.14. The van der Waals surface area contributed by atoms with Gasteiger partial charge >= 0.3 is 0 Å². The van der Waals surface area contributed by atoms with Crippen molar-refractivity contribution in [3.63, 3.8) is 0 Å². The molecular weight excluding hydrogens is 282 g/mol. The van der Waals surface area contributed by atoms with E-state index in [9.17, 15) is 0 Å². The van der Waals surface area contributed by atoms with Gasteiger partial charge in [0, 0.05) is 35.8 Å². The van der Waals surface area contributed by atoms with Crippen molar-refractivity contribution in [3.05, 3.63) is 52.0 Å². The van der Waals surface area contributed by atoms with E-state index < -0.39 is 0 Å². The van der Waals surface area contributed by atoms with E-state index in [1.165, 1.54) is 10.4 Å². The monoisotopic (exact) mass is 305 g/mol. The molecule has 5 heteroatoms. The van der Waals surface area contributed by atoms with Crippen molar-refractivity contribution < 1.29 is 5.11 Å². The number of aliphatic hydroxyl groups excluding tert-OH is 1. The van der Waals surface area contributed by atoms with Crippen LogP contribution in [0.25, 0.3) is 0 Å². The first kappa shape index (κ1) is 15.9.